The fourth-order valence-corrected chi connectivity index (χ4v) is 2.32. The van der Waals surface area contributed by atoms with Crippen molar-refractivity contribution in [3.8, 4) is 0 Å². The van der Waals surface area contributed by atoms with Crippen LogP contribution in [0.1, 0.15) is 12.7 Å². The quantitative estimate of drug-likeness (QED) is 0.752. The summed E-state index contributed by atoms with van der Waals surface area (Å²) in [6, 6.07) is -0.106. The maximum Gasteiger partial charge on any atom is 0.238 e. The van der Waals surface area contributed by atoms with Crippen molar-refractivity contribution in [3.63, 3.8) is 0 Å². The molecule has 1 aromatic heterocycles. The van der Waals surface area contributed by atoms with E-state index in [0.717, 1.165) is 32.0 Å². The van der Waals surface area contributed by atoms with Crippen LogP contribution in [0.15, 0.2) is 12.4 Å². The number of hydrogen-bond acceptors (Lipinski definition) is 4. The van der Waals surface area contributed by atoms with Crippen LogP contribution in [0.5, 0.6) is 0 Å². The van der Waals surface area contributed by atoms with Crippen molar-refractivity contribution in [3.05, 3.63) is 18.2 Å². The smallest absolute Gasteiger partial charge is 0.238 e. The first-order chi connectivity index (χ1) is 8.76. The van der Waals surface area contributed by atoms with Gasteiger partial charge in [-0.25, -0.2) is 4.98 Å². The number of hydrogen-bond donors (Lipinski definition) is 2. The molecule has 0 radical (unpaired) electrons. The van der Waals surface area contributed by atoms with Crippen LogP contribution in [-0.2, 0) is 17.9 Å². The second-order valence-electron chi connectivity index (χ2n) is 4.43. The van der Waals surface area contributed by atoms with Crippen LogP contribution in [0.25, 0.3) is 0 Å². The highest BCUT2D eigenvalue weighted by atomic mass is 16.2. The molecule has 1 atom stereocenters. The zero-order chi connectivity index (χ0) is 13.0. The second kappa shape index (κ2) is 5.97. The number of aryl methyl sites for hydroxylation is 1. The molecule has 1 unspecified atom stereocenters. The number of likely N-dealkylation sites (N-methyl/N-ethyl adjacent to an activating group) is 1. The van der Waals surface area contributed by atoms with Crippen molar-refractivity contribution in [2.45, 2.75) is 26.1 Å². The molecule has 1 saturated heterocycles. The minimum atomic E-state index is -0.106. The molecule has 1 aliphatic rings. The van der Waals surface area contributed by atoms with Crippen molar-refractivity contribution in [2.75, 3.05) is 26.7 Å². The standard InChI is InChI=1S/C12H21N5O/c1-3-16-7-5-15-11(16)9-17-6-4-14-8-10(17)12(18)13-2/h5,7,10,14H,3-4,6,8-9H2,1-2H3,(H,13,18). The third kappa shape index (κ3) is 2.70. The predicted molar refractivity (Wildman–Crippen MR) is 69.0 cm³/mol. The Labute approximate surface area is 107 Å². The lowest BCUT2D eigenvalue weighted by Gasteiger charge is -2.34. The average molecular weight is 251 g/mol. The zero-order valence-corrected chi connectivity index (χ0v) is 11.0. The van der Waals surface area contributed by atoms with Crippen molar-refractivity contribution >= 4 is 5.91 Å². The van der Waals surface area contributed by atoms with Crippen LogP contribution in [0.4, 0.5) is 0 Å². The monoisotopic (exact) mass is 251 g/mol. The Morgan fingerprint density at radius 3 is 3.22 bits per heavy atom. The predicted octanol–water partition coefficient (Wildman–Crippen LogP) is -0.577. The second-order valence-corrected chi connectivity index (χ2v) is 4.43. The van der Waals surface area contributed by atoms with Gasteiger partial charge in [-0.05, 0) is 6.92 Å². The van der Waals surface area contributed by atoms with E-state index in [1.165, 1.54) is 0 Å². The molecule has 1 aromatic rings. The van der Waals surface area contributed by atoms with Crippen LogP contribution >= 0.6 is 0 Å². The minimum absolute atomic E-state index is 0.0665. The van der Waals surface area contributed by atoms with E-state index in [1.54, 1.807) is 7.05 Å². The van der Waals surface area contributed by atoms with Gasteiger partial charge in [0.1, 0.15) is 11.9 Å². The van der Waals surface area contributed by atoms with E-state index in [-0.39, 0.29) is 11.9 Å². The molecule has 18 heavy (non-hydrogen) atoms. The molecule has 1 aliphatic heterocycles. The Kier molecular flexibility index (Phi) is 4.33. The van der Waals surface area contributed by atoms with Gasteiger partial charge in [0.05, 0.1) is 6.54 Å². The molecule has 0 aliphatic carbocycles. The summed E-state index contributed by atoms with van der Waals surface area (Å²) in [5.41, 5.74) is 0. The third-order valence-electron chi connectivity index (χ3n) is 3.39. The molecular weight excluding hydrogens is 230 g/mol. The molecule has 2 heterocycles. The Morgan fingerprint density at radius 2 is 2.50 bits per heavy atom. The van der Waals surface area contributed by atoms with Gasteiger partial charge in [-0.2, -0.15) is 0 Å². The molecule has 1 fully saturated rings. The lowest BCUT2D eigenvalue weighted by molar-refractivity contribution is -0.126. The van der Waals surface area contributed by atoms with Crippen molar-refractivity contribution in [1.29, 1.82) is 0 Å². The number of carbonyl (C=O) groups is 1. The molecule has 6 nitrogen and oxygen atoms in total. The molecule has 0 saturated carbocycles. The molecule has 2 N–H and O–H groups in total. The summed E-state index contributed by atoms with van der Waals surface area (Å²) >= 11 is 0. The van der Waals surface area contributed by atoms with Crippen LogP contribution in [0.2, 0.25) is 0 Å². The van der Waals surface area contributed by atoms with Crippen molar-refractivity contribution < 1.29 is 4.79 Å². The first-order valence-electron chi connectivity index (χ1n) is 6.42. The largest absolute Gasteiger partial charge is 0.358 e. The summed E-state index contributed by atoms with van der Waals surface area (Å²) in [7, 11) is 1.68. The van der Waals surface area contributed by atoms with E-state index in [1.807, 2.05) is 12.4 Å². The van der Waals surface area contributed by atoms with Crippen LogP contribution in [-0.4, -0.2) is 53.1 Å². The zero-order valence-electron chi connectivity index (χ0n) is 11.0. The Hall–Kier alpha value is -1.40. The summed E-state index contributed by atoms with van der Waals surface area (Å²) < 4.78 is 2.11. The van der Waals surface area contributed by atoms with Gasteiger partial charge < -0.3 is 15.2 Å². The highest BCUT2D eigenvalue weighted by Crippen LogP contribution is 2.09. The molecular formula is C12H21N5O. The molecule has 2 rings (SSSR count). The van der Waals surface area contributed by atoms with Crippen molar-refractivity contribution in [2.24, 2.45) is 0 Å². The number of piperazine rings is 1. The summed E-state index contributed by atoms with van der Waals surface area (Å²) in [6.45, 7) is 6.22. The number of imidazole rings is 1. The topological polar surface area (TPSA) is 62.2 Å². The SMILES string of the molecule is CCn1ccnc1CN1CCNCC1C(=O)NC. The molecule has 0 bridgehead atoms. The van der Waals surface area contributed by atoms with E-state index in [2.05, 4.69) is 32.0 Å². The molecule has 0 aromatic carbocycles. The maximum absolute atomic E-state index is 11.8. The van der Waals surface area contributed by atoms with Gasteiger partial charge in [-0.15, -0.1) is 0 Å². The molecule has 6 heteroatoms. The first kappa shape index (κ1) is 13.0. The fourth-order valence-electron chi connectivity index (χ4n) is 2.32. The van der Waals surface area contributed by atoms with Gasteiger partial charge >= 0.3 is 0 Å². The van der Waals surface area contributed by atoms with Gasteiger partial charge in [0.25, 0.3) is 0 Å². The summed E-state index contributed by atoms with van der Waals surface area (Å²) in [5.74, 6) is 1.09. The molecule has 1 amide bonds. The number of nitrogens with one attached hydrogen (secondary N) is 2. The van der Waals surface area contributed by atoms with E-state index in [0.29, 0.717) is 6.54 Å². The van der Waals surface area contributed by atoms with E-state index in [9.17, 15) is 4.79 Å². The molecule has 0 spiro atoms. The Morgan fingerprint density at radius 1 is 1.67 bits per heavy atom. The summed E-state index contributed by atoms with van der Waals surface area (Å²) in [5, 5.41) is 5.98. The van der Waals surface area contributed by atoms with E-state index < -0.39 is 0 Å². The fraction of sp³-hybridized carbons (Fsp3) is 0.667. The summed E-state index contributed by atoms with van der Waals surface area (Å²) in [6.07, 6.45) is 3.79. The van der Waals surface area contributed by atoms with Gasteiger partial charge in [0.2, 0.25) is 5.91 Å². The number of amides is 1. The van der Waals surface area contributed by atoms with Crippen LogP contribution < -0.4 is 10.6 Å². The van der Waals surface area contributed by atoms with Gasteiger partial charge in [-0.1, -0.05) is 0 Å². The van der Waals surface area contributed by atoms with Gasteiger partial charge in [-0.3, -0.25) is 9.69 Å². The average Bonchev–Trinajstić information content (AvgIpc) is 2.86. The van der Waals surface area contributed by atoms with Gasteiger partial charge in [0.15, 0.2) is 0 Å². The lowest BCUT2D eigenvalue weighted by Crippen LogP contribution is -2.57. The maximum atomic E-state index is 11.8. The number of carbonyl (C=O) groups excluding carboxylic acids is 1. The minimum Gasteiger partial charge on any atom is -0.358 e. The first-order valence-corrected chi connectivity index (χ1v) is 6.42. The normalized spacial score (nSPS) is 20.9. The third-order valence-corrected chi connectivity index (χ3v) is 3.39. The number of rotatable bonds is 4. The Bertz CT molecular complexity index is 403. The highest BCUT2D eigenvalue weighted by Gasteiger charge is 2.28. The number of nitrogens with zero attached hydrogens (tertiary/aromatic N) is 3. The molecule has 100 valence electrons. The lowest BCUT2D eigenvalue weighted by atomic mass is 10.1. The van der Waals surface area contributed by atoms with E-state index >= 15 is 0 Å². The Balaban J connectivity index is 2.08. The van der Waals surface area contributed by atoms with Crippen molar-refractivity contribution in [1.82, 2.24) is 25.1 Å². The van der Waals surface area contributed by atoms with Gasteiger partial charge in [0, 0.05) is 45.6 Å². The highest BCUT2D eigenvalue weighted by molar-refractivity contribution is 5.81. The van der Waals surface area contributed by atoms with E-state index in [4.69, 9.17) is 0 Å². The number of aromatic nitrogens is 2. The summed E-state index contributed by atoms with van der Waals surface area (Å²) in [4.78, 5) is 18.4. The van der Waals surface area contributed by atoms with Crippen LogP contribution in [0.3, 0.4) is 0 Å². The van der Waals surface area contributed by atoms with Crippen LogP contribution in [0, 0.1) is 0 Å².